The molecule has 0 bridgehead atoms. The molecule has 0 aliphatic heterocycles. The molecule has 2 aromatic rings. The predicted molar refractivity (Wildman–Crippen MR) is 62.2 cm³/mol. The molecule has 0 amide bonds. The number of rotatable bonds is 5. The van der Waals surface area contributed by atoms with Gasteiger partial charge in [-0.25, -0.2) is 8.78 Å². The van der Waals surface area contributed by atoms with Crippen molar-refractivity contribution in [2.75, 3.05) is 11.9 Å². The molecule has 2 rings (SSSR count). The highest BCUT2D eigenvalue weighted by Crippen LogP contribution is 2.12. The van der Waals surface area contributed by atoms with E-state index in [2.05, 4.69) is 15.5 Å². The Morgan fingerprint density at radius 1 is 1.22 bits per heavy atom. The van der Waals surface area contributed by atoms with Crippen molar-refractivity contribution in [3.8, 4) is 0 Å². The van der Waals surface area contributed by atoms with E-state index in [-0.39, 0.29) is 6.42 Å². The van der Waals surface area contributed by atoms with Crippen LogP contribution in [0.25, 0.3) is 0 Å². The van der Waals surface area contributed by atoms with Gasteiger partial charge in [0.1, 0.15) is 11.6 Å². The summed E-state index contributed by atoms with van der Waals surface area (Å²) in [5, 5.41) is 6.67. The first-order valence-corrected chi connectivity index (χ1v) is 5.69. The Labute approximate surface area is 103 Å². The lowest BCUT2D eigenvalue weighted by Crippen LogP contribution is -2.00. The van der Waals surface area contributed by atoms with Crippen LogP contribution < -0.4 is 5.32 Å². The van der Waals surface area contributed by atoms with Crippen molar-refractivity contribution < 1.29 is 13.3 Å². The average molecular weight is 253 g/mol. The fraction of sp³-hybridized carbons (Fsp3) is 0.333. The average Bonchev–Trinajstić information content (AvgIpc) is 2.72. The van der Waals surface area contributed by atoms with Crippen LogP contribution in [0.3, 0.4) is 0 Å². The molecule has 4 nitrogen and oxygen atoms in total. The second kappa shape index (κ2) is 5.57. The number of aromatic nitrogens is 2. The molecule has 6 heteroatoms. The number of benzene rings is 1. The van der Waals surface area contributed by atoms with Crippen LogP contribution in [0, 0.1) is 11.6 Å². The maximum atomic E-state index is 13.0. The third kappa shape index (κ3) is 3.26. The van der Waals surface area contributed by atoms with Crippen LogP contribution in [-0.4, -0.2) is 16.7 Å². The molecule has 96 valence electrons. The van der Waals surface area contributed by atoms with Crippen molar-refractivity contribution in [2.24, 2.45) is 0 Å². The molecular formula is C12H13F2N3O. The molecule has 1 aromatic heterocycles. The molecule has 1 aromatic carbocycles. The second-order valence-corrected chi connectivity index (χ2v) is 3.90. The van der Waals surface area contributed by atoms with Crippen molar-refractivity contribution in [1.82, 2.24) is 10.1 Å². The third-order valence-corrected chi connectivity index (χ3v) is 2.28. The Balaban J connectivity index is 2.06. The minimum Gasteiger partial charge on any atom is -0.338 e. The lowest BCUT2D eigenvalue weighted by molar-refractivity contribution is 0.423. The zero-order valence-corrected chi connectivity index (χ0v) is 9.91. The number of hydrogen-bond acceptors (Lipinski definition) is 4. The van der Waals surface area contributed by atoms with Crippen molar-refractivity contribution in [1.29, 1.82) is 0 Å². The molecule has 0 aliphatic rings. The summed E-state index contributed by atoms with van der Waals surface area (Å²) in [6.07, 6.45) is 1.17. The van der Waals surface area contributed by atoms with Gasteiger partial charge in [-0.3, -0.25) is 0 Å². The number of halogens is 2. The Morgan fingerprint density at radius 3 is 2.61 bits per heavy atom. The molecule has 0 atom stereocenters. The van der Waals surface area contributed by atoms with E-state index < -0.39 is 11.6 Å². The molecule has 18 heavy (non-hydrogen) atoms. The molecule has 0 radical (unpaired) electrons. The van der Waals surface area contributed by atoms with Gasteiger partial charge in [0.2, 0.25) is 0 Å². The van der Waals surface area contributed by atoms with Crippen molar-refractivity contribution in [2.45, 2.75) is 19.8 Å². The van der Waals surface area contributed by atoms with Gasteiger partial charge in [-0.05, 0) is 24.1 Å². The van der Waals surface area contributed by atoms with E-state index in [1.807, 2.05) is 6.92 Å². The van der Waals surface area contributed by atoms with E-state index in [4.69, 9.17) is 4.52 Å². The van der Waals surface area contributed by atoms with Gasteiger partial charge in [0.05, 0.1) is 0 Å². The second-order valence-electron chi connectivity index (χ2n) is 3.90. The topological polar surface area (TPSA) is 51.0 Å². The fourth-order valence-electron chi connectivity index (χ4n) is 1.53. The number of nitrogens with zero attached hydrogens (tertiary/aromatic N) is 2. The smallest absolute Gasteiger partial charge is 0.321 e. The van der Waals surface area contributed by atoms with Gasteiger partial charge < -0.3 is 9.84 Å². The minimum absolute atomic E-state index is 0.228. The van der Waals surface area contributed by atoms with Crippen LogP contribution in [0.5, 0.6) is 0 Å². The summed E-state index contributed by atoms with van der Waals surface area (Å²) in [7, 11) is 0. The first-order valence-electron chi connectivity index (χ1n) is 5.69. The van der Waals surface area contributed by atoms with Gasteiger partial charge in [-0.2, -0.15) is 4.98 Å². The van der Waals surface area contributed by atoms with E-state index in [1.54, 1.807) is 0 Å². The molecule has 0 unspecified atom stereocenters. The van der Waals surface area contributed by atoms with Gasteiger partial charge in [0, 0.05) is 19.0 Å². The van der Waals surface area contributed by atoms with E-state index in [0.717, 1.165) is 19.0 Å². The maximum Gasteiger partial charge on any atom is 0.321 e. The summed E-state index contributed by atoms with van der Waals surface area (Å²) in [6.45, 7) is 2.75. The highest BCUT2D eigenvalue weighted by Gasteiger charge is 2.08. The summed E-state index contributed by atoms with van der Waals surface area (Å²) in [5.41, 5.74) is 0.468. The summed E-state index contributed by atoms with van der Waals surface area (Å²) >= 11 is 0. The molecule has 0 spiro atoms. The molecular weight excluding hydrogens is 240 g/mol. The van der Waals surface area contributed by atoms with Crippen LogP contribution in [0.1, 0.15) is 24.7 Å². The van der Waals surface area contributed by atoms with E-state index in [0.29, 0.717) is 17.4 Å². The van der Waals surface area contributed by atoms with Crippen LogP contribution >= 0.6 is 0 Å². The normalized spacial score (nSPS) is 10.6. The lowest BCUT2D eigenvalue weighted by atomic mass is 10.1. The number of anilines is 1. The predicted octanol–water partition coefficient (Wildman–Crippen LogP) is 2.76. The largest absolute Gasteiger partial charge is 0.338 e. The minimum atomic E-state index is -0.613. The van der Waals surface area contributed by atoms with E-state index in [9.17, 15) is 8.78 Å². The van der Waals surface area contributed by atoms with Gasteiger partial charge >= 0.3 is 6.01 Å². The Hall–Kier alpha value is -1.98. The number of hydrogen-bond donors (Lipinski definition) is 1. The maximum absolute atomic E-state index is 13.0. The Morgan fingerprint density at radius 2 is 1.94 bits per heavy atom. The zero-order chi connectivity index (χ0) is 13.0. The van der Waals surface area contributed by atoms with Gasteiger partial charge in [-0.1, -0.05) is 12.1 Å². The SMILES string of the molecule is CCCNc1nc(Cc2cc(F)cc(F)c2)no1. The summed E-state index contributed by atoms with van der Waals surface area (Å²) < 4.78 is 30.9. The van der Waals surface area contributed by atoms with Crippen molar-refractivity contribution in [3.05, 3.63) is 41.2 Å². The van der Waals surface area contributed by atoms with Crippen LogP contribution in [0.15, 0.2) is 22.7 Å². The van der Waals surface area contributed by atoms with Crippen LogP contribution in [-0.2, 0) is 6.42 Å². The molecule has 1 N–H and O–H groups in total. The molecule has 0 saturated heterocycles. The highest BCUT2D eigenvalue weighted by molar-refractivity contribution is 5.23. The van der Waals surface area contributed by atoms with Gasteiger partial charge in [0.25, 0.3) is 0 Å². The lowest BCUT2D eigenvalue weighted by Gasteiger charge is -1.98. The first kappa shape index (κ1) is 12.5. The molecule has 0 aliphatic carbocycles. The van der Waals surface area contributed by atoms with Gasteiger partial charge in [0.15, 0.2) is 5.82 Å². The van der Waals surface area contributed by atoms with E-state index in [1.165, 1.54) is 12.1 Å². The zero-order valence-electron chi connectivity index (χ0n) is 9.91. The van der Waals surface area contributed by atoms with Gasteiger partial charge in [-0.15, -0.1) is 0 Å². The monoisotopic (exact) mass is 253 g/mol. The Bertz CT molecular complexity index is 508. The number of nitrogens with one attached hydrogen (secondary N) is 1. The first-order chi connectivity index (χ1) is 8.67. The van der Waals surface area contributed by atoms with Crippen LogP contribution in [0.4, 0.5) is 14.8 Å². The summed E-state index contributed by atoms with van der Waals surface area (Å²) in [4.78, 5) is 4.07. The highest BCUT2D eigenvalue weighted by atomic mass is 19.1. The summed E-state index contributed by atoms with van der Waals surface area (Å²) in [5.74, 6) is -0.839. The standard InChI is InChI=1S/C12H13F2N3O/c1-2-3-15-12-16-11(17-18-12)6-8-4-9(13)7-10(14)5-8/h4-5,7H,2-3,6H2,1H3,(H,15,16,17). The summed E-state index contributed by atoms with van der Waals surface area (Å²) in [6, 6.07) is 3.65. The van der Waals surface area contributed by atoms with Crippen molar-refractivity contribution >= 4 is 6.01 Å². The molecule has 0 saturated carbocycles. The fourth-order valence-corrected chi connectivity index (χ4v) is 1.53. The van der Waals surface area contributed by atoms with Crippen molar-refractivity contribution in [3.63, 3.8) is 0 Å². The Kier molecular flexibility index (Phi) is 3.86. The molecule has 1 heterocycles. The quantitative estimate of drug-likeness (QED) is 0.890. The third-order valence-electron chi connectivity index (χ3n) is 2.28. The van der Waals surface area contributed by atoms with E-state index >= 15 is 0 Å². The molecule has 0 fully saturated rings. The van der Waals surface area contributed by atoms with Crippen LogP contribution in [0.2, 0.25) is 0 Å².